The lowest BCUT2D eigenvalue weighted by Crippen LogP contribution is -2.04. The molecule has 0 aliphatic heterocycles. The van der Waals surface area contributed by atoms with Crippen LogP contribution in [-0.2, 0) is 25.7 Å². The van der Waals surface area contributed by atoms with Crippen molar-refractivity contribution < 1.29 is 4.92 Å². The quantitative estimate of drug-likeness (QED) is 0.358. The number of nitrogens with zero attached hydrogens (tertiary/aromatic N) is 1. The normalized spacial score (nSPS) is 10.3. The Labute approximate surface area is 170 Å². The summed E-state index contributed by atoms with van der Waals surface area (Å²) in [5.74, 6) is 0. The first kappa shape index (κ1) is 23.1. The van der Waals surface area contributed by atoms with Gasteiger partial charge in [-0.1, -0.05) is 57.0 Å². The standard InChI is InChI=1S/C10H13ClN2O2.C10H14ClN/c1-3-6-8(11)5-9(13(14)15)7(4-2)10(6)12;1-3-7-5-6-9(11)8(4-2)10(7)12/h5H,3-4,12H2,1-2H3;5-6H,3-4,12H2,1-2H3. The molecule has 0 aromatic heterocycles. The van der Waals surface area contributed by atoms with Gasteiger partial charge in [0.15, 0.2) is 0 Å². The van der Waals surface area contributed by atoms with E-state index in [4.69, 9.17) is 34.7 Å². The van der Waals surface area contributed by atoms with Crippen LogP contribution in [0.2, 0.25) is 10.0 Å². The Morgan fingerprint density at radius 2 is 1.37 bits per heavy atom. The third kappa shape index (κ3) is 5.27. The van der Waals surface area contributed by atoms with Gasteiger partial charge in [-0.15, -0.1) is 0 Å². The van der Waals surface area contributed by atoms with E-state index >= 15 is 0 Å². The van der Waals surface area contributed by atoms with Crippen molar-refractivity contribution in [2.75, 3.05) is 11.5 Å². The van der Waals surface area contributed by atoms with Crippen LogP contribution in [0.3, 0.4) is 0 Å². The van der Waals surface area contributed by atoms with E-state index in [-0.39, 0.29) is 5.69 Å². The molecular weight excluding hydrogens is 385 g/mol. The molecule has 0 fully saturated rings. The Hall–Kier alpha value is -1.98. The summed E-state index contributed by atoms with van der Waals surface area (Å²) in [5.41, 5.74) is 16.7. The highest BCUT2D eigenvalue weighted by Gasteiger charge is 2.20. The number of nitrogens with two attached hydrogens (primary N) is 2. The summed E-state index contributed by atoms with van der Waals surface area (Å²) in [5, 5.41) is 11.9. The van der Waals surface area contributed by atoms with E-state index in [1.165, 1.54) is 11.6 Å². The monoisotopic (exact) mass is 411 g/mol. The lowest BCUT2D eigenvalue weighted by atomic mass is 10.0. The van der Waals surface area contributed by atoms with E-state index in [2.05, 4.69) is 13.8 Å². The van der Waals surface area contributed by atoms with Crippen LogP contribution < -0.4 is 11.5 Å². The molecule has 0 bridgehead atoms. The van der Waals surface area contributed by atoms with Gasteiger partial charge in [0.1, 0.15) is 0 Å². The van der Waals surface area contributed by atoms with Gasteiger partial charge >= 0.3 is 0 Å². The number of nitro groups is 1. The average molecular weight is 412 g/mol. The van der Waals surface area contributed by atoms with E-state index in [1.807, 2.05) is 26.0 Å². The fraction of sp³-hybridized carbons (Fsp3) is 0.400. The molecule has 4 N–H and O–H groups in total. The molecule has 0 atom stereocenters. The third-order valence-corrected chi connectivity index (χ3v) is 5.23. The van der Waals surface area contributed by atoms with Crippen molar-refractivity contribution in [2.24, 2.45) is 0 Å². The van der Waals surface area contributed by atoms with Crippen molar-refractivity contribution in [1.82, 2.24) is 0 Å². The molecule has 2 aromatic carbocycles. The molecule has 0 heterocycles. The van der Waals surface area contributed by atoms with E-state index < -0.39 is 4.92 Å². The number of nitrogen functional groups attached to an aromatic ring is 2. The Morgan fingerprint density at radius 3 is 1.81 bits per heavy atom. The summed E-state index contributed by atoms with van der Waals surface area (Å²) in [4.78, 5) is 10.3. The van der Waals surface area contributed by atoms with Gasteiger partial charge < -0.3 is 11.5 Å². The fourth-order valence-corrected chi connectivity index (χ4v) is 3.63. The second-order valence-corrected chi connectivity index (χ2v) is 6.83. The van der Waals surface area contributed by atoms with E-state index in [0.29, 0.717) is 29.1 Å². The molecule has 0 aliphatic carbocycles. The van der Waals surface area contributed by atoms with Crippen molar-refractivity contribution in [3.05, 3.63) is 60.6 Å². The first-order valence-corrected chi connectivity index (χ1v) is 9.78. The van der Waals surface area contributed by atoms with Gasteiger partial charge in [-0.25, -0.2) is 0 Å². The summed E-state index contributed by atoms with van der Waals surface area (Å²) in [6, 6.07) is 5.31. The first-order chi connectivity index (χ1) is 12.7. The van der Waals surface area contributed by atoms with Crippen LogP contribution in [0.4, 0.5) is 17.1 Å². The van der Waals surface area contributed by atoms with Crippen molar-refractivity contribution in [3.8, 4) is 0 Å². The van der Waals surface area contributed by atoms with Crippen LogP contribution >= 0.6 is 23.2 Å². The Balaban J connectivity index is 0.000000277. The fourth-order valence-electron chi connectivity index (χ4n) is 2.99. The molecule has 0 saturated carbocycles. The predicted octanol–water partition coefficient (Wildman–Crippen LogP) is 6.00. The zero-order chi connectivity index (χ0) is 20.7. The van der Waals surface area contributed by atoms with Crippen LogP contribution in [0.5, 0.6) is 0 Å². The molecule has 27 heavy (non-hydrogen) atoms. The van der Waals surface area contributed by atoms with E-state index in [1.54, 1.807) is 0 Å². The zero-order valence-electron chi connectivity index (χ0n) is 16.2. The zero-order valence-corrected chi connectivity index (χ0v) is 17.7. The summed E-state index contributed by atoms with van der Waals surface area (Å²) < 4.78 is 0. The van der Waals surface area contributed by atoms with Gasteiger partial charge in [-0.3, -0.25) is 10.1 Å². The topological polar surface area (TPSA) is 95.2 Å². The number of hydrogen-bond donors (Lipinski definition) is 2. The number of halogens is 2. The van der Waals surface area contributed by atoms with Crippen molar-refractivity contribution in [1.29, 1.82) is 0 Å². The molecule has 0 unspecified atom stereocenters. The first-order valence-electron chi connectivity index (χ1n) is 9.02. The molecule has 0 aliphatic rings. The molecule has 0 amide bonds. The summed E-state index contributed by atoms with van der Waals surface area (Å²) in [6.45, 7) is 7.92. The second kappa shape index (κ2) is 10.4. The van der Waals surface area contributed by atoms with Gasteiger partial charge in [0.05, 0.1) is 15.5 Å². The molecular formula is C20H27Cl2N3O2. The lowest BCUT2D eigenvalue weighted by molar-refractivity contribution is -0.385. The highest BCUT2D eigenvalue weighted by Crippen LogP contribution is 2.34. The van der Waals surface area contributed by atoms with Gasteiger partial charge in [0.25, 0.3) is 5.69 Å². The van der Waals surface area contributed by atoms with Crippen LogP contribution in [-0.4, -0.2) is 4.92 Å². The summed E-state index contributed by atoms with van der Waals surface area (Å²) >= 11 is 11.9. The van der Waals surface area contributed by atoms with Crippen molar-refractivity contribution >= 4 is 40.3 Å². The minimum Gasteiger partial charge on any atom is -0.398 e. The van der Waals surface area contributed by atoms with Crippen LogP contribution in [0.15, 0.2) is 18.2 Å². The Kier molecular flexibility index (Phi) is 8.86. The smallest absolute Gasteiger partial charge is 0.276 e. The predicted molar refractivity (Wildman–Crippen MR) is 116 cm³/mol. The third-order valence-electron chi connectivity index (χ3n) is 4.54. The number of hydrogen-bond acceptors (Lipinski definition) is 4. The molecule has 0 radical (unpaired) electrons. The van der Waals surface area contributed by atoms with Gasteiger partial charge in [0.2, 0.25) is 0 Å². The van der Waals surface area contributed by atoms with Gasteiger partial charge in [-0.05, 0) is 48.4 Å². The van der Waals surface area contributed by atoms with Crippen LogP contribution in [0.25, 0.3) is 0 Å². The maximum atomic E-state index is 10.8. The second-order valence-electron chi connectivity index (χ2n) is 6.02. The van der Waals surface area contributed by atoms with Crippen molar-refractivity contribution in [3.63, 3.8) is 0 Å². The van der Waals surface area contributed by atoms with Gasteiger partial charge in [0, 0.05) is 22.5 Å². The molecule has 0 spiro atoms. The summed E-state index contributed by atoms with van der Waals surface area (Å²) in [7, 11) is 0. The summed E-state index contributed by atoms with van der Waals surface area (Å²) in [6.07, 6.45) is 3.08. The Morgan fingerprint density at radius 1 is 0.852 bits per heavy atom. The van der Waals surface area contributed by atoms with Crippen LogP contribution in [0, 0.1) is 10.1 Å². The minimum atomic E-state index is -0.444. The highest BCUT2D eigenvalue weighted by molar-refractivity contribution is 6.32. The number of rotatable bonds is 5. The SMILES string of the molecule is CCc1c(Cl)cc([N+](=O)[O-])c(CC)c1N.CCc1ccc(Cl)c(CC)c1N. The maximum Gasteiger partial charge on any atom is 0.276 e. The van der Waals surface area contributed by atoms with E-state index in [9.17, 15) is 10.1 Å². The molecule has 2 rings (SSSR count). The molecule has 0 saturated heterocycles. The molecule has 148 valence electrons. The number of aryl methyl sites for hydroxylation is 1. The van der Waals surface area contributed by atoms with Gasteiger partial charge in [-0.2, -0.15) is 0 Å². The number of nitro benzene ring substituents is 1. The Bertz CT molecular complexity index is 824. The maximum absolute atomic E-state index is 10.8. The average Bonchev–Trinajstić information content (AvgIpc) is 2.62. The van der Waals surface area contributed by atoms with Crippen molar-refractivity contribution in [2.45, 2.75) is 53.4 Å². The lowest BCUT2D eigenvalue weighted by Gasteiger charge is -2.10. The van der Waals surface area contributed by atoms with Crippen LogP contribution in [0.1, 0.15) is 49.9 Å². The highest BCUT2D eigenvalue weighted by atomic mass is 35.5. The molecule has 5 nitrogen and oxygen atoms in total. The molecule has 2 aromatic rings. The largest absolute Gasteiger partial charge is 0.398 e. The number of anilines is 2. The number of benzene rings is 2. The molecule has 7 heteroatoms. The van der Waals surface area contributed by atoms with E-state index in [0.717, 1.165) is 34.7 Å². The minimum absolute atomic E-state index is 0.0113.